The summed E-state index contributed by atoms with van der Waals surface area (Å²) in [5, 5.41) is 9.24. The van der Waals surface area contributed by atoms with Crippen LogP contribution in [0.1, 0.15) is 30.7 Å². The molecule has 2 unspecified atom stereocenters. The Bertz CT molecular complexity index is 298. The third kappa shape index (κ3) is 1.67. The number of hydrogen-bond acceptors (Lipinski definition) is 1. The summed E-state index contributed by atoms with van der Waals surface area (Å²) in [6.45, 7) is 0. The van der Waals surface area contributed by atoms with Gasteiger partial charge in [-0.3, -0.25) is 0 Å². The van der Waals surface area contributed by atoms with Gasteiger partial charge in [0, 0.05) is 5.92 Å². The minimum absolute atomic E-state index is 0.00657. The van der Waals surface area contributed by atoms with E-state index in [9.17, 15) is 9.50 Å². The molecule has 2 rings (SSSR count). The van der Waals surface area contributed by atoms with E-state index in [0.717, 1.165) is 18.4 Å². The summed E-state index contributed by atoms with van der Waals surface area (Å²) in [7, 11) is 0. The maximum Gasteiger partial charge on any atom is 0.115 e. The molecule has 0 saturated heterocycles. The van der Waals surface area contributed by atoms with Crippen molar-refractivity contribution in [2.24, 2.45) is 0 Å². The molecule has 1 fully saturated rings. The van der Waals surface area contributed by atoms with Gasteiger partial charge >= 0.3 is 0 Å². The highest BCUT2D eigenvalue weighted by molar-refractivity contribution is 5.30. The lowest BCUT2D eigenvalue weighted by atomic mass is 9.96. The first-order valence-corrected chi connectivity index (χ1v) is 4.70. The second-order valence-corrected chi connectivity index (χ2v) is 3.65. The minimum atomic E-state index is -0.721. The quantitative estimate of drug-likeness (QED) is 0.704. The summed E-state index contributed by atoms with van der Waals surface area (Å²) >= 11 is 0. The minimum Gasteiger partial charge on any atom is -0.508 e. The van der Waals surface area contributed by atoms with Crippen molar-refractivity contribution < 1.29 is 9.50 Å². The summed E-state index contributed by atoms with van der Waals surface area (Å²) in [6.07, 6.45) is 1.81. The van der Waals surface area contributed by atoms with Crippen LogP contribution < -0.4 is 0 Å². The van der Waals surface area contributed by atoms with E-state index in [1.807, 2.05) is 6.07 Å². The molecule has 1 saturated carbocycles. The molecule has 0 aromatic heterocycles. The maximum absolute atomic E-state index is 13.3. The summed E-state index contributed by atoms with van der Waals surface area (Å²) in [5.41, 5.74) is 0.935. The van der Waals surface area contributed by atoms with Crippen LogP contribution in [0.4, 0.5) is 4.39 Å². The Kier molecular flexibility index (Phi) is 2.21. The van der Waals surface area contributed by atoms with Crippen LogP contribution in [0.2, 0.25) is 0 Å². The first kappa shape index (κ1) is 8.54. The van der Waals surface area contributed by atoms with E-state index < -0.39 is 6.17 Å². The van der Waals surface area contributed by atoms with Crippen molar-refractivity contribution >= 4 is 0 Å². The predicted octanol–water partition coefficient (Wildman–Crippen LogP) is 3.00. The lowest BCUT2D eigenvalue weighted by Crippen LogP contribution is -2.05. The Morgan fingerprint density at radius 3 is 2.77 bits per heavy atom. The predicted molar refractivity (Wildman–Crippen MR) is 49.6 cm³/mol. The average Bonchev–Trinajstić information content (AvgIpc) is 2.51. The van der Waals surface area contributed by atoms with Gasteiger partial charge in [0.1, 0.15) is 11.9 Å². The smallest absolute Gasteiger partial charge is 0.115 e. The number of aromatic hydroxyl groups is 1. The summed E-state index contributed by atoms with van der Waals surface area (Å²) in [5.74, 6) is 0.240. The Morgan fingerprint density at radius 1 is 1.31 bits per heavy atom. The molecule has 1 aromatic carbocycles. The molecule has 0 amide bonds. The number of halogens is 1. The van der Waals surface area contributed by atoms with Crippen molar-refractivity contribution in [3.05, 3.63) is 29.8 Å². The molecule has 2 heteroatoms. The van der Waals surface area contributed by atoms with Crippen LogP contribution in [0.5, 0.6) is 5.75 Å². The second kappa shape index (κ2) is 3.36. The largest absolute Gasteiger partial charge is 0.508 e. The third-order valence-electron chi connectivity index (χ3n) is 2.73. The third-order valence-corrected chi connectivity index (χ3v) is 2.73. The first-order valence-electron chi connectivity index (χ1n) is 4.70. The molecule has 0 heterocycles. The van der Waals surface area contributed by atoms with Gasteiger partial charge < -0.3 is 5.11 Å². The normalized spacial score (nSPS) is 27.8. The van der Waals surface area contributed by atoms with Gasteiger partial charge in [-0.15, -0.1) is 0 Å². The Hall–Kier alpha value is -1.05. The van der Waals surface area contributed by atoms with E-state index in [0.29, 0.717) is 6.42 Å². The van der Waals surface area contributed by atoms with Crippen LogP contribution in [0, 0.1) is 0 Å². The highest BCUT2D eigenvalue weighted by Crippen LogP contribution is 2.37. The SMILES string of the molecule is Oc1cccc(C2CCCC2F)c1. The molecule has 1 N–H and O–H groups in total. The van der Waals surface area contributed by atoms with Gasteiger partial charge in [-0.05, 0) is 37.0 Å². The van der Waals surface area contributed by atoms with Crippen molar-refractivity contribution in [2.45, 2.75) is 31.4 Å². The molecule has 0 aliphatic heterocycles. The van der Waals surface area contributed by atoms with E-state index >= 15 is 0 Å². The lowest BCUT2D eigenvalue weighted by molar-refractivity contribution is 0.312. The zero-order valence-electron chi connectivity index (χ0n) is 7.41. The molecule has 0 spiro atoms. The van der Waals surface area contributed by atoms with E-state index in [1.165, 1.54) is 0 Å². The van der Waals surface area contributed by atoms with Crippen LogP contribution >= 0.6 is 0 Å². The molecular weight excluding hydrogens is 167 g/mol. The Labute approximate surface area is 77.2 Å². The van der Waals surface area contributed by atoms with Gasteiger partial charge in [0.05, 0.1) is 0 Å². The average molecular weight is 180 g/mol. The fourth-order valence-corrected chi connectivity index (χ4v) is 2.05. The van der Waals surface area contributed by atoms with E-state index in [2.05, 4.69) is 0 Å². The molecule has 0 bridgehead atoms. The van der Waals surface area contributed by atoms with Crippen molar-refractivity contribution in [3.63, 3.8) is 0 Å². The maximum atomic E-state index is 13.3. The van der Waals surface area contributed by atoms with Crippen molar-refractivity contribution in [1.29, 1.82) is 0 Å². The van der Waals surface area contributed by atoms with Crippen LogP contribution in [0.25, 0.3) is 0 Å². The van der Waals surface area contributed by atoms with Gasteiger partial charge in [-0.25, -0.2) is 4.39 Å². The fourth-order valence-electron chi connectivity index (χ4n) is 2.05. The molecular formula is C11H13FO. The number of phenolic OH excluding ortho intramolecular Hbond substituents is 1. The van der Waals surface area contributed by atoms with Crippen LogP contribution in [0.15, 0.2) is 24.3 Å². The topological polar surface area (TPSA) is 20.2 Å². The molecule has 1 aliphatic carbocycles. The summed E-state index contributed by atoms with van der Waals surface area (Å²) in [4.78, 5) is 0. The van der Waals surface area contributed by atoms with E-state index in [4.69, 9.17) is 0 Å². The zero-order chi connectivity index (χ0) is 9.26. The Morgan fingerprint density at radius 2 is 2.15 bits per heavy atom. The number of phenols is 1. The van der Waals surface area contributed by atoms with Crippen LogP contribution in [-0.2, 0) is 0 Å². The van der Waals surface area contributed by atoms with Crippen LogP contribution in [-0.4, -0.2) is 11.3 Å². The molecule has 1 aromatic rings. The second-order valence-electron chi connectivity index (χ2n) is 3.65. The summed E-state index contributed by atoms with van der Waals surface area (Å²) in [6, 6.07) is 6.95. The lowest BCUT2D eigenvalue weighted by Gasteiger charge is -2.12. The molecule has 13 heavy (non-hydrogen) atoms. The number of benzene rings is 1. The highest BCUT2D eigenvalue weighted by Gasteiger charge is 2.28. The summed E-state index contributed by atoms with van der Waals surface area (Å²) < 4.78 is 13.3. The molecule has 1 nitrogen and oxygen atoms in total. The molecule has 2 atom stereocenters. The van der Waals surface area contributed by atoms with Gasteiger partial charge in [0.15, 0.2) is 0 Å². The number of alkyl halides is 1. The van der Waals surface area contributed by atoms with Gasteiger partial charge in [-0.1, -0.05) is 12.1 Å². The van der Waals surface area contributed by atoms with Crippen molar-refractivity contribution in [2.75, 3.05) is 0 Å². The van der Waals surface area contributed by atoms with Crippen molar-refractivity contribution in [3.8, 4) is 5.75 Å². The number of rotatable bonds is 1. The van der Waals surface area contributed by atoms with Gasteiger partial charge in [-0.2, -0.15) is 0 Å². The van der Waals surface area contributed by atoms with Gasteiger partial charge in [0.25, 0.3) is 0 Å². The monoisotopic (exact) mass is 180 g/mol. The standard InChI is InChI=1S/C11H13FO/c12-11-6-2-5-10(11)8-3-1-4-9(13)7-8/h1,3-4,7,10-11,13H,2,5-6H2. The van der Waals surface area contributed by atoms with Crippen molar-refractivity contribution in [1.82, 2.24) is 0 Å². The molecule has 0 radical (unpaired) electrons. The molecule has 1 aliphatic rings. The Balaban J connectivity index is 2.24. The number of hydrogen-bond donors (Lipinski definition) is 1. The van der Waals surface area contributed by atoms with Gasteiger partial charge in [0.2, 0.25) is 0 Å². The zero-order valence-corrected chi connectivity index (χ0v) is 7.41. The van der Waals surface area contributed by atoms with Crippen LogP contribution in [0.3, 0.4) is 0 Å². The first-order chi connectivity index (χ1) is 6.27. The van der Waals surface area contributed by atoms with E-state index in [-0.39, 0.29) is 11.7 Å². The fraction of sp³-hybridized carbons (Fsp3) is 0.455. The highest BCUT2D eigenvalue weighted by atomic mass is 19.1. The molecule has 70 valence electrons. The van der Waals surface area contributed by atoms with E-state index in [1.54, 1.807) is 18.2 Å².